The van der Waals surface area contributed by atoms with E-state index in [4.69, 9.17) is 4.74 Å². The molecule has 0 saturated heterocycles. The summed E-state index contributed by atoms with van der Waals surface area (Å²) in [5.74, 6) is 1.41. The minimum atomic E-state index is -0.0504. The van der Waals surface area contributed by atoms with E-state index in [1.54, 1.807) is 23.9 Å². The lowest BCUT2D eigenvalue weighted by molar-refractivity contribution is 0.0423. The molecule has 0 aromatic heterocycles. The minimum absolute atomic E-state index is 0.0504. The van der Waals surface area contributed by atoms with E-state index in [1.165, 1.54) is 0 Å². The summed E-state index contributed by atoms with van der Waals surface area (Å²) in [6.07, 6.45) is -0.0504. The minimum Gasteiger partial charge on any atom is -0.508 e. The molecule has 2 atom stereocenters. The van der Waals surface area contributed by atoms with Crippen LogP contribution in [0.15, 0.2) is 63.4 Å². The Balaban J connectivity index is 1.64. The Hall–Kier alpha value is -2.14. The Morgan fingerprint density at radius 3 is 2.13 bits per heavy atom. The summed E-state index contributed by atoms with van der Waals surface area (Å²) in [5.41, 5.74) is 1.09. The molecule has 0 saturated carbocycles. The van der Waals surface area contributed by atoms with Crippen LogP contribution < -0.4 is 4.74 Å². The van der Waals surface area contributed by atoms with Gasteiger partial charge in [0, 0.05) is 22.6 Å². The lowest BCUT2D eigenvalue weighted by atomic mass is 10.1. The van der Waals surface area contributed by atoms with Crippen LogP contribution >= 0.6 is 11.8 Å². The highest BCUT2D eigenvalue weighted by atomic mass is 32.2. The summed E-state index contributed by atoms with van der Waals surface area (Å²) in [6, 6.07) is 15.2. The van der Waals surface area contributed by atoms with Crippen molar-refractivity contribution in [2.75, 3.05) is 7.05 Å². The first kappa shape index (κ1) is 15.7. The van der Waals surface area contributed by atoms with Crippen molar-refractivity contribution in [2.45, 2.75) is 29.9 Å². The number of phenols is 1. The van der Waals surface area contributed by atoms with E-state index in [1.807, 2.05) is 55.4 Å². The molecule has 5 heteroatoms. The van der Waals surface area contributed by atoms with Crippen LogP contribution in [-0.4, -0.2) is 29.1 Å². The van der Waals surface area contributed by atoms with Gasteiger partial charge >= 0.3 is 0 Å². The molecule has 0 aliphatic carbocycles. The lowest BCUT2D eigenvalue weighted by Gasteiger charge is -2.24. The summed E-state index contributed by atoms with van der Waals surface area (Å²) in [7, 11) is 1.94. The zero-order valence-electron chi connectivity index (χ0n) is 13.4. The Morgan fingerprint density at radius 1 is 1.04 bits per heavy atom. The highest BCUT2D eigenvalue weighted by molar-refractivity contribution is 7.99. The highest BCUT2D eigenvalue weighted by Crippen LogP contribution is 2.31. The summed E-state index contributed by atoms with van der Waals surface area (Å²) in [6.45, 7) is 4.16. The lowest BCUT2D eigenvalue weighted by Crippen LogP contribution is -2.34. The average molecular weight is 328 g/mol. The van der Waals surface area contributed by atoms with Gasteiger partial charge in [0.25, 0.3) is 0 Å². The predicted molar refractivity (Wildman–Crippen MR) is 93.1 cm³/mol. The fraction of sp³-hybridized carbons (Fsp3) is 0.278. The van der Waals surface area contributed by atoms with Gasteiger partial charge in [0.1, 0.15) is 11.5 Å². The molecule has 2 aromatic carbocycles. The first-order chi connectivity index (χ1) is 11.0. The molecule has 0 fully saturated rings. The Labute approximate surface area is 140 Å². The van der Waals surface area contributed by atoms with Crippen LogP contribution in [0.5, 0.6) is 11.5 Å². The van der Waals surface area contributed by atoms with Crippen LogP contribution in [0.25, 0.3) is 0 Å². The van der Waals surface area contributed by atoms with Crippen molar-refractivity contribution in [1.82, 2.24) is 5.01 Å². The molecule has 1 heterocycles. The van der Waals surface area contributed by atoms with Gasteiger partial charge in [0.15, 0.2) is 6.23 Å². The average Bonchev–Trinajstić information content (AvgIpc) is 2.78. The maximum atomic E-state index is 9.32. The van der Waals surface area contributed by atoms with Gasteiger partial charge in [-0.2, -0.15) is 5.10 Å². The van der Waals surface area contributed by atoms with Crippen molar-refractivity contribution < 1.29 is 9.84 Å². The molecule has 3 rings (SSSR count). The van der Waals surface area contributed by atoms with Crippen LogP contribution in [0.2, 0.25) is 0 Å². The third-order valence-electron chi connectivity index (χ3n) is 3.92. The first-order valence-electron chi connectivity index (χ1n) is 7.54. The van der Waals surface area contributed by atoms with Gasteiger partial charge in [-0.05, 0) is 55.5 Å². The molecular formula is C18H20N2O2S. The second-order valence-corrected chi connectivity index (χ2v) is 6.83. The van der Waals surface area contributed by atoms with Gasteiger partial charge in [-0.3, -0.25) is 5.01 Å². The van der Waals surface area contributed by atoms with Gasteiger partial charge < -0.3 is 9.84 Å². The summed E-state index contributed by atoms with van der Waals surface area (Å²) >= 11 is 1.65. The quantitative estimate of drug-likeness (QED) is 0.913. The molecule has 2 aromatic rings. The molecule has 0 spiro atoms. The van der Waals surface area contributed by atoms with Gasteiger partial charge in [-0.25, -0.2) is 0 Å². The highest BCUT2D eigenvalue weighted by Gasteiger charge is 2.31. The van der Waals surface area contributed by atoms with Crippen LogP contribution in [-0.2, 0) is 0 Å². The molecular weight excluding hydrogens is 308 g/mol. The second kappa shape index (κ2) is 6.54. The molecule has 4 nitrogen and oxygen atoms in total. The normalized spacial score (nSPS) is 20.5. The molecule has 23 heavy (non-hydrogen) atoms. The Kier molecular flexibility index (Phi) is 4.48. The molecule has 1 aliphatic rings. The first-order valence-corrected chi connectivity index (χ1v) is 8.36. The summed E-state index contributed by atoms with van der Waals surface area (Å²) in [5, 5.41) is 15.6. The number of aromatic hydroxyl groups is 1. The van der Waals surface area contributed by atoms with Gasteiger partial charge in [0.05, 0.1) is 5.92 Å². The Bertz CT molecular complexity index is 698. The van der Waals surface area contributed by atoms with Crippen LogP contribution in [0.4, 0.5) is 0 Å². The van der Waals surface area contributed by atoms with Crippen molar-refractivity contribution >= 4 is 17.5 Å². The van der Waals surface area contributed by atoms with Crippen molar-refractivity contribution in [3.8, 4) is 11.5 Å². The van der Waals surface area contributed by atoms with Crippen LogP contribution in [0, 0.1) is 5.92 Å². The Morgan fingerprint density at radius 2 is 1.61 bits per heavy atom. The molecule has 0 amide bonds. The zero-order chi connectivity index (χ0) is 16.4. The zero-order valence-corrected chi connectivity index (χ0v) is 14.2. The SMILES string of the molecule is CC1=NN(C)C(Oc2ccc(Sc3ccc(O)cc3)cc2)C1C. The smallest absolute Gasteiger partial charge is 0.194 e. The number of phenolic OH excluding ortho intramolecular Hbond substituents is 1. The van der Waals surface area contributed by atoms with Crippen molar-refractivity contribution in [3.05, 3.63) is 48.5 Å². The maximum Gasteiger partial charge on any atom is 0.194 e. The molecule has 1 N–H and O–H groups in total. The van der Waals surface area contributed by atoms with Gasteiger partial charge in [-0.15, -0.1) is 0 Å². The number of hydrazone groups is 1. The summed E-state index contributed by atoms with van der Waals surface area (Å²) in [4.78, 5) is 2.22. The van der Waals surface area contributed by atoms with E-state index in [0.717, 1.165) is 21.3 Å². The number of rotatable bonds is 4. The third kappa shape index (κ3) is 3.62. The van der Waals surface area contributed by atoms with E-state index >= 15 is 0 Å². The standard InChI is InChI=1S/C18H20N2O2S/c1-12-13(2)19-20(3)18(12)22-15-6-10-17(11-7-15)23-16-8-4-14(21)5-9-16/h4-12,18,21H,1-3H3. The van der Waals surface area contributed by atoms with Crippen molar-refractivity contribution in [1.29, 1.82) is 0 Å². The third-order valence-corrected chi connectivity index (χ3v) is 4.94. The van der Waals surface area contributed by atoms with Crippen LogP contribution in [0.1, 0.15) is 13.8 Å². The maximum absolute atomic E-state index is 9.32. The molecule has 2 unspecified atom stereocenters. The topological polar surface area (TPSA) is 45.1 Å². The second-order valence-electron chi connectivity index (χ2n) is 5.68. The van der Waals surface area contributed by atoms with E-state index in [2.05, 4.69) is 12.0 Å². The fourth-order valence-corrected chi connectivity index (χ4v) is 3.30. The van der Waals surface area contributed by atoms with Gasteiger partial charge in [-0.1, -0.05) is 18.7 Å². The number of benzene rings is 2. The van der Waals surface area contributed by atoms with E-state index in [-0.39, 0.29) is 17.9 Å². The number of nitrogens with zero attached hydrogens (tertiary/aromatic N) is 2. The number of hydrogen-bond acceptors (Lipinski definition) is 5. The number of ether oxygens (including phenoxy) is 1. The molecule has 0 bridgehead atoms. The van der Waals surface area contributed by atoms with Crippen molar-refractivity contribution in [2.24, 2.45) is 11.0 Å². The summed E-state index contributed by atoms with van der Waals surface area (Å²) < 4.78 is 6.06. The fourth-order valence-electron chi connectivity index (χ4n) is 2.48. The monoisotopic (exact) mass is 328 g/mol. The van der Waals surface area contributed by atoms with E-state index in [0.29, 0.717) is 0 Å². The van der Waals surface area contributed by atoms with Crippen molar-refractivity contribution in [3.63, 3.8) is 0 Å². The molecule has 120 valence electrons. The predicted octanol–water partition coefficient (Wildman–Crippen LogP) is 4.21. The van der Waals surface area contributed by atoms with E-state index in [9.17, 15) is 5.11 Å². The number of hydrogen-bond donors (Lipinski definition) is 1. The molecule has 0 radical (unpaired) electrons. The van der Waals surface area contributed by atoms with Crippen LogP contribution in [0.3, 0.4) is 0 Å². The van der Waals surface area contributed by atoms with E-state index < -0.39 is 0 Å². The van der Waals surface area contributed by atoms with Gasteiger partial charge in [0.2, 0.25) is 0 Å². The molecule has 1 aliphatic heterocycles. The largest absolute Gasteiger partial charge is 0.508 e.